The highest BCUT2D eigenvalue weighted by Crippen LogP contribution is 2.08. The van der Waals surface area contributed by atoms with Gasteiger partial charge in [-0.2, -0.15) is 0 Å². The third kappa shape index (κ3) is 4.03. The Labute approximate surface area is 116 Å². The molecule has 0 unspecified atom stereocenters. The second-order valence-corrected chi connectivity index (χ2v) is 5.01. The second-order valence-electron chi connectivity index (χ2n) is 3.98. The van der Waals surface area contributed by atoms with E-state index in [2.05, 4.69) is 27.5 Å². The third-order valence-corrected chi connectivity index (χ3v) is 3.30. The Kier molecular flexibility index (Phi) is 4.85. The fourth-order valence-electron chi connectivity index (χ4n) is 1.48. The van der Waals surface area contributed by atoms with E-state index >= 15 is 0 Å². The minimum absolute atomic E-state index is 0.207. The van der Waals surface area contributed by atoms with Crippen molar-refractivity contribution in [3.05, 3.63) is 40.5 Å². The maximum Gasteiger partial charge on any atom is 0.271 e. The van der Waals surface area contributed by atoms with Gasteiger partial charge in [0, 0.05) is 11.4 Å². The standard InChI is InChI=1S/C13H16N4OS/c1-2-5-15-12-9-14-8-11(17-12)13(18)16-7-10-4-3-6-19-10/h3-4,6,8-9H,2,5,7H2,1H3,(H,15,17)(H,16,18). The molecule has 2 rings (SSSR count). The largest absolute Gasteiger partial charge is 0.369 e. The fraction of sp³-hybridized carbons (Fsp3) is 0.308. The molecule has 2 N–H and O–H groups in total. The van der Waals surface area contributed by atoms with Crippen LogP contribution >= 0.6 is 11.3 Å². The van der Waals surface area contributed by atoms with Crippen LogP contribution in [0.2, 0.25) is 0 Å². The summed E-state index contributed by atoms with van der Waals surface area (Å²) in [5.74, 6) is 0.423. The molecule has 0 atom stereocenters. The maximum absolute atomic E-state index is 11.9. The normalized spacial score (nSPS) is 10.2. The smallest absolute Gasteiger partial charge is 0.271 e. The second kappa shape index (κ2) is 6.84. The summed E-state index contributed by atoms with van der Waals surface area (Å²) in [6.07, 6.45) is 4.09. The van der Waals surface area contributed by atoms with Crippen molar-refractivity contribution in [3.63, 3.8) is 0 Å². The minimum Gasteiger partial charge on any atom is -0.369 e. The molecule has 100 valence electrons. The number of nitrogens with zero attached hydrogens (tertiary/aromatic N) is 2. The monoisotopic (exact) mass is 276 g/mol. The Morgan fingerprint density at radius 2 is 2.32 bits per heavy atom. The van der Waals surface area contributed by atoms with E-state index in [1.165, 1.54) is 6.20 Å². The van der Waals surface area contributed by atoms with Crippen LogP contribution in [-0.4, -0.2) is 22.4 Å². The summed E-state index contributed by atoms with van der Waals surface area (Å²) < 4.78 is 0. The first-order valence-electron chi connectivity index (χ1n) is 6.16. The zero-order valence-electron chi connectivity index (χ0n) is 10.7. The Morgan fingerprint density at radius 1 is 1.42 bits per heavy atom. The maximum atomic E-state index is 11.9. The Balaban J connectivity index is 1.94. The molecule has 0 aliphatic carbocycles. The van der Waals surface area contributed by atoms with Crippen molar-refractivity contribution in [1.82, 2.24) is 15.3 Å². The van der Waals surface area contributed by atoms with Crippen molar-refractivity contribution in [2.24, 2.45) is 0 Å². The van der Waals surface area contributed by atoms with Gasteiger partial charge < -0.3 is 10.6 Å². The zero-order valence-corrected chi connectivity index (χ0v) is 11.5. The quantitative estimate of drug-likeness (QED) is 0.849. The third-order valence-electron chi connectivity index (χ3n) is 2.43. The van der Waals surface area contributed by atoms with E-state index in [1.807, 2.05) is 17.5 Å². The molecular formula is C13H16N4OS. The molecule has 2 aromatic heterocycles. The number of nitrogens with one attached hydrogen (secondary N) is 2. The SMILES string of the molecule is CCCNc1cncc(C(=O)NCc2cccs2)n1. The van der Waals surface area contributed by atoms with E-state index in [0.717, 1.165) is 17.8 Å². The number of hydrogen-bond acceptors (Lipinski definition) is 5. The van der Waals surface area contributed by atoms with Crippen LogP contribution in [0.5, 0.6) is 0 Å². The van der Waals surface area contributed by atoms with Crippen LogP contribution in [0.15, 0.2) is 29.9 Å². The molecule has 0 saturated carbocycles. The van der Waals surface area contributed by atoms with E-state index in [1.54, 1.807) is 17.5 Å². The lowest BCUT2D eigenvalue weighted by atomic mass is 10.4. The fourth-order valence-corrected chi connectivity index (χ4v) is 2.13. The van der Waals surface area contributed by atoms with Gasteiger partial charge in [0.1, 0.15) is 11.5 Å². The summed E-state index contributed by atoms with van der Waals surface area (Å²) >= 11 is 1.61. The molecular weight excluding hydrogens is 260 g/mol. The summed E-state index contributed by atoms with van der Waals surface area (Å²) in [5.41, 5.74) is 0.331. The molecule has 6 heteroatoms. The molecule has 0 saturated heterocycles. The summed E-state index contributed by atoms with van der Waals surface area (Å²) in [7, 11) is 0. The molecule has 0 bridgehead atoms. The van der Waals surface area contributed by atoms with Crippen LogP contribution in [0, 0.1) is 0 Å². The van der Waals surface area contributed by atoms with Gasteiger partial charge in [-0.1, -0.05) is 13.0 Å². The molecule has 0 spiro atoms. The van der Waals surface area contributed by atoms with Crippen molar-refractivity contribution in [3.8, 4) is 0 Å². The number of thiophene rings is 1. The number of carbonyl (C=O) groups excluding carboxylic acids is 1. The highest BCUT2D eigenvalue weighted by atomic mass is 32.1. The van der Waals surface area contributed by atoms with Gasteiger partial charge in [0.2, 0.25) is 0 Å². The first-order chi connectivity index (χ1) is 9.29. The molecule has 0 fully saturated rings. The van der Waals surface area contributed by atoms with E-state index in [4.69, 9.17) is 0 Å². The summed E-state index contributed by atoms with van der Waals surface area (Å²) in [4.78, 5) is 21.3. The van der Waals surface area contributed by atoms with Gasteiger partial charge in [0.25, 0.3) is 5.91 Å². The number of amides is 1. The van der Waals surface area contributed by atoms with Gasteiger partial charge >= 0.3 is 0 Å². The zero-order chi connectivity index (χ0) is 13.5. The number of anilines is 1. The topological polar surface area (TPSA) is 66.9 Å². The van der Waals surface area contributed by atoms with Crippen LogP contribution in [0.4, 0.5) is 5.82 Å². The molecule has 2 aromatic rings. The molecule has 5 nitrogen and oxygen atoms in total. The lowest BCUT2D eigenvalue weighted by Crippen LogP contribution is -2.24. The summed E-state index contributed by atoms with van der Waals surface area (Å²) in [6, 6.07) is 3.94. The first kappa shape index (κ1) is 13.5. The van der Waals surface area contributed by atoms with Crippen LogP contribution in [0.3, 0.4) is 0 Å². The molecule has 1 amide bonds. The van der Waals surface area contributed by atoms with Crippen molar-refractivity contribution < 1.29 is 4.79 Å². The number of carbonyl (C=O) groups is 1. The lowest BCUT2D eigenvalue weighted by Gasteiger charge is -2.06. The molecule has 0 aliphatic rings. The minimum atomic E-state index is -0.207. The summed E-state index contributed by atoms with van der Waals surface area (Å²) in [6.45, 7) is 3.40. The number of rotatable bonds is 6. The Morgan fingerprint density at radius 3 is 3.05 bits per heavy atom. The average molecular weight is 276 g/mol. The van der Waals surface area contributed by atoms with Crippen LogP contribution in [-0.2, 0) is 6.54 Å². The van der Waals surface area contributed by atoms with Crippen LogP contribution < -0.4 is 10.6 Å². The van der Waals surface area contributed by atoms with Gasteiger partial charge in [0.05, 0.1) is 18.9 Å². The highest BCUT2D eigenvalue weighted by Gasteiger charge is 2.08. The first-order valence-corrected chi connectivity index (χ1v) is 7.04. The molecule has 19 heavy (non-hydrogen) atoms. The van der Waals surface area contributed by atoms with E-state index < -0.39 is 0 Å². The van der Waals surface area contributed by atoms with Crippen molar-refractivity contribution in [1.29, 1.82) is 0 Å². The van der Waals surface area contributed by atoms with E-state index in [0.29, 0.717) is 18.1 Å². The molecule has 2 heterocycles. The molecule has 0 aromatic carbocycles. The van der Waals surface area contributed by atoms with Gasteiger partial charge in [-0.05, 0) is 17.9 Å². The molecule has 0 aliphatic heterocycles. The van der Waals surface area contributed by atoms with Crippen molar-refractivity contribution >= 4 is 23.1 Å². The van der Waals surface area contributed by atoms with Gasteiger partial charge in [-0.15, -0.1) is 11.3 Å². The van der Waals surface area contributed by atoms with E-state index in [9.17, 15) is 4.79 Å². The highest BCUT2D eigenvalue weighted by molar-refractivity contribution is 7.09. The summed E-state index contributed by atoms with van der Waals surface area (Å²) in [5, 5.41) is 7.92. The van der Waals surface area contributed by atoms with Crippen LogP contribution in [0.25, 0.3) is 0 Å². The average Bonchev–Trinajstić information content (AvgIpc) is 2.96. The van der Waals surface area contributed by atoms with Gasteiger partial charge in [0.15, 0.2) is 0 Å². The predicted octanol–water partition coefficient (Wildman–Crippen LogP) is 2.29. The van der Waals surface area contributed by atoms with Crippen LogP contribution in [0.1, 0.15) is 28.7 Å². The Hall–Kier alpha value is -1.95. The van der Waals surface area contributed by atoms with E-state index in [-0.39, 0.29) is 5.91 Å². The molecule has 0 radical (unpaired) electrons. The number of aromatic nitrogens is 2. The number of hydrogen-bond donors (Lipinski definition) is 2. The van der Waals surface area contributed by atoms with Gasteiger partial charge in [-0.3, -0.25) is 9.78 Å². The van der Waals surface area contributed by atoms with Crippen molar-refractivity contribution in [2.45, 2.75) is 19.9 Å². The Bertz CT molecular complexity index is 527. The van der Waals surface area contributed by atoms with Crippen molar-refractivity contribution in [2.75, 3.05) is 11.9 Å². The lowest BCUT2D eigenvalue weighted by molar-refractivity contribution is 0.0946. The van der Waals surface area contributed by atoms with Gasteiger partial charge in [-0.25, -0.2) is 4.98 Å². The predicted molar refractivity (Wildman–Crippen MR) is 76.3 cm³/mol.